The number of pyridine rings is 1. The van der Waals surface area contributed by atoms with Crippen LogP contribution in [0, 0.1) is 0 Å². The SMILES string of the molecule is O=C(O)N1[C@@H]2CC[C@H]1CC(Oc1cc(C3CC3)ccn1)C2. The van der Waals surface area contributed by atoms with Crippen molar-refractivity contribution in [1.29, 1.82) is 0 Å². The van der Waals surface area contributed by atoms with E-state index in [2.05, 4.69) is 17.1 Å². The zero-order valence-electron chi connectivity index (χ0n) is 11.9. The van der Waals surface area contributed by atoms with Crippen molar-refractivity contribution in [2.45, 2.75) is 62.6 Å². The molecule has 0 spiro atoms. The maximum atomic E-state index is 11.3. The summed E-state index contributed by atoms with van der Waals surface area (Å²) >= 11 is 0. The summed E-state index contributed by atoms with van der Waals surface area (Å²) in [6.45, 7) is 0. The summed E-state index contributed by atoms with van der Waals surface area (Å²) in [6, 6.07) is 4.38. The molecule has 1 aromatic rings. The van der Waals surface area contributed by atoms with Crippen LogP contribution in [0.1, 0.15) is 50.0 Å². The minimum atomic E-state index is -0.783. The molecule has 112 valence electrons. The molecule has 0 aromatic carbocycles. The number of amides is 1. The summed E-state index contributed by atoms with van der Waals surface area (Å²) in [7, 11) is 0. The molecule has 3 atom stereocenters. The molecule has 4 rings (SSSR count). The first kappa shape index (κ1) is 12.9. The lowest BCUT2D eigenvalue weighted by Gasteiger charge is -2.36. The Balaban J connectivity index is 1.44. The quantitative estimate of drug-likeness (QED) is 0.928. The highest BCUT2D eigenvalue weighted by Crippen LogP contribution is 2.41. The van der Waals surface area contributed by atoms with Crippen LogP contribution in [-0.4, -0.2) is 39.3 Å². The highest BCUT2D eigenvalue weighted by Gasteiger charge is 2.44. The molecule has 3 aliphatic rings. The summed E-state index contributed by atoms with van der Waals surface area (Å²) in [5, 5.41) is 9.27. The van der Waals surface area contributed by atoms with Crippen LogP contribution in [0.3, 0.4) is 0 Å². The lowest BCUT2D eigenvalue weighted by molar-refractivity contribution is 0.0476. The Hall–Kier alpha value is -1.78. The zero-order chi connectivity index (χ0) is 14.4. The minimum Gasteiger partial charge on any atom is -0.474 e. The first-order valence-electron chi connectivity index (χ1n) is 7.84. The van der Waals surface area contributed by atoms with Crippen molar-refractivity contribution in [3.8, 4) is 5.88 Å². The Morgan fingerprint density at radius 1 is 1.24 bits per heavy atom. The number of aromatic nitrogens is 1. The Morgan fingerprint density at radius 3 is 2.57 bits per heavy atom. The molecule has 1 aromatic heterocycles. The molecule has 2 aliphatic heterocycles. The monoisotopic (exact) mass is 288 g/mol. The van der Waals surface area contributed by atoms with Gasteiger partial charge in [-0.1, -0.05) is 0 Å². The second-order valence-electron chi connectivity index (χ2n) is 6.49. The number of nitrogens with zero attached hydrogens (tertiary/aromatic N) is 2. The van der Waals surface area contributed by atoms with Gasteiger partial charge in [0.05, 0.1) is 0 Å². The standard InChI is InChI=1S/C16H20N2O3/c19-16(20)18-12-3-4-13(18)9-14(8-12)21-15-7-11(5-6-17-15)10-1-2-10/h5-7,10,12-14H,1-4,8-9H2,(H,19,20)/t12-,13+,14?. The fourth-order valence-electron chi connectivity index (χ4n) is 3.87. The first-order valence-corrected chi connectivity index (χ1v) is 7.84. The first-order chi connectivity index (χ1) is 10.2. The third-order valence-electron chi connectivity index (χ3n) is 5.01. The van der Waals surface area contributed by atoms with Crippen molar-refractivity contribution >= 4 is 6.09 Å². The Kier molecular flexibility index (Phi) is 3.01. The van der Waals surface area contributed by atoms with Crippen LogP contribution in [-0.2, 0) is 0 Å². The van der Waals surface area contributed by atoms with Gasteiger partial charge in [-0.15, -0.1) is 0 Å². The highest BCUT2D eigenvalue weighted by atomic mass is 16.5. The number of hydrogen-bond donors (Lipinski definition) is 1. The fourth-order valence-corrected chi connectivity index (χ4v) is 3.87. The van der Waals surface area contributed by atoms with Gasteiger partial charge in [0.15, 0.2) is 0 Å². The fraction of sp³-hybridized carbons (Fsp3) is 0.625. The average molecular weight is 288 g/mol. The van der Waals surface area contributed by atoms with Crippen molar-refractivity contribution in [1.82, 2.24) is 9.88 Å². The minimum absolute atomic E-state index is 0.0973. The van der Waals surface area contributed by atoms with Crippen molar-refractivity contribution in [3.63, 3.8) is 0 Å². The molecule has 21 heavy (non-hydrogen) atoms. The van der Waals surface area contributed by atoms with E-state index >= 15 is 0 Å². The highest BCUT2D eigenvalue weighted by molar-refractivity contribution is 5.66. The predicted octanol–water partition coefficient (Wildman–Crippen LogP) is 3.01. The van der Waals surface area contributed by atoms with E-state index in [-0.39, 0.29) is 18.2 Å². The molecule has 0 radical (unpaired) electrons. The van der Waals surface area contributed by atoms with Crippen molar-refractivity contribution in [2.24, 2.45) is 0 Å². The largest absolute Gasteiger partial charge is 0.474 e. The van der Waals surface area contributed by atoms with E-state index in [1.165, 1.54) is 18.4 Å². The van der Waals surface area contributed by atoms with E-state index < -0.39 is 6.09 Å². The molecule has 1 aliphatic carbocycles. The molecule has 5 heteroatoms. The van der Waals surface area contributed by atoms with Crippen LogP contribution in [0.4, 0.5) is 4.79 Å². The number of ether oxygens (including phenoxy) is 1. The summed E-state index contributed by atoms with van der Waals surface area (Å²) in [4.78, 5) is 17.2. The number of rotatable bonds is 3. The molecule has 3 fully saturated rings. The van der Waals surface area contributed by atoms with Crippen molar-refractivity contribution in [2.75, 3.05) is 0 Å². The van der Waals surface area contributed by atoms with Crippen LogP contribution in [0.15, 0.2) is 18.3 Å². The average Bonchev–Trinajstić information content (AvgIpc) is 3.25. The van der Waals surface area contributed by atoms with Gasteiger partial charge in [-0.25, -0.2) is 9.78 Å². The number of hydrogen-bond acceptors (Lipinski definition) is 3. The van der Waals surface area contributed by atoms with E-state index in [9.17, 15) is 9.90 Å². The Morgan fingerprint density at radius 2 is 1.95 bits per heavy atom. The third-order valence-corrected chi connectivity index (χ3v) is 5.01. The van der Waals surface area contributed by atoms with Gasteiger partial charge in [0.25, 0.3) is 0 Å². The molecule has 1 saturated carbocycles. The molecule has 1 unspecified atom stereocenters. The molecule has 3 heterocycles. The van der Waals surface area contributed by atoms with E-state index in [1.807, 2.05) is 6.20 Å². The molecule has 1 amide bonds. The smallest absolute Gasteiger partial charge is 0.407 e. The van der Waals surface area contributed by atoms with Crippen molar-refractivity contribution in [3.05, 3.63) is 23.9 Å². The molecule has 2 bridgehead atoms. The van der Waals surface area contributed by atoms with Crippen LogP contribution in [0.5, 0.6) is 5.88 Å². The second-order valence-corrected chi connectivity index (χ2v) is 6.49. The van der Waals surface area contributed by atoms with E-state index in [0.717, 1.165) is 25.7 Å². The Labute approximate surface area is 123 Å². The van der Waals surface area contributed by atoms with Gasteiger partial charge in [-0.2, -0.15) is 0 Å². The Bertz CT molecular complexity index is 544. The van der Waals surface area contributed by atoms with Gasteiger partial charge in [-0.3, -0.25) is 0 Å². The molecular weight excluding hydrogens is 268 g/mol. The van der Waals surface area contributed by atoms with Gasteiger partial charge < -0.3 is 14.7 Å². The number of fused-ring (bicyclic) bond motifs is 2. The molecule has 5 nitrogen and oxygen atoms in total. The maximum absolute atomic E-state index is 11.3. The number of piperidine rings is 1. The molecular formula is C16H20N2O3. The van der Waals surface area contributed by atoms with Gasteiger partial charge in [-0.05, 0) is 43.2 Å². The van der Waals surface area contributed by atoms with Gasteiger partial charge in [0.2, 0.25) is 5.88 Å². The topological polar surface area (TPSA) is 62.7 Å². The van der Waals surface area contributed by atoms with Crippen LogP contribution in [0.25, 0.3) is 0 Å². The normalized spacial score (nSPS) is 31.2. The van der Waals surface area contributed by atoms with Crippen LogP contribution in [0.2, 0.25) is 0 Å². The van der Waals surface area contributed by atoms with Crippen LogP contribution < -0.4 is 4.74 Å². The number of carbonyl (C=O) groups is 1. The molecule has 2 saturated heterocycles. The molecule has 1 N–H and O–H groups in total. The summed E-state index contributed by atoms with van der Waals surface area (Å²) in [5.41, 5.74) is 1.32. The van der Waals surface area contributed by atoms with Gasteiger partial charge in [0.1, 0.15) is 6.10 Å². The maximum Gasteiger partial charge on any atom is 0.407 e. The van der Waals surface area contributed by atoms with Crippen molar-refractivity contribution < 1.29 is 14.6 Å². The van der Waals surface area contributed by atoms with E-state index in [1.54, 1.807) is 4.90 Å². The van der Waals surface area contributed by atoms with Gasteiger partial charge >= 0.3 is 6.09 Å². The van der Waals surface area contributed by atoms with E-state index in [0.29, 0.717) is 11.8 Å². The van der Waals surface area contributed by atoms with Crippen LogP contribution >= 0.6 is 0 Å². The number of carboxylic acid groups (broad SMARTS) is 1. The second kappa shape index (κ2) is 4.90. The zero-order valence-corrected chi connectivity index (χ0v) is 11.9. The van der Waals surface area contributed by atoms with Gasteiger partial charge in [0, 0.05) is 37.2 Å². The summed E-state index contributed by atoms with van der Waals surface area (Å²) in [5.74, 6) is 1.40. The van der Waals surface area contributed by atoms with E-state index in [4.69, 9.17) is 4.74 Å². The lowest BCUT2D eigenvalue weighted by Crippen LogP contribution is -2.48. The third kappa shape index (κ3) is 2.45. The summed E-state index contributed by atoms with van der Waals surface area (Å²) < 4.78 is 6.05. The predicted molar refractivity (Wildman–Crippen MR) is 76.5 cm³/mol. The lowest BCUT2D eigenvalue weighted by atomic mass is 10.0. The summed E-state index contributed by atoms with van der Waals surface area (Å²) in [6.07, 6.45) is 7.18.